The van der Waals surface area contributed by atoms with Crippen LogP contribution in [0.15, 0.2) is 24.3 Å². The van der Waals surface area contributed by atoms with Crippen molar-refractivity contribution in [3.63, 3.8) is 0 Å². The van der Waals surface area contributed by atoms with Crippen LogP contribution in [0.5, 0.6) is 5.75 Å². The molecule has 0 spiro atoms. The number of nitrogens with one attached hydrogen (secondary N) is 1. The molecule has 0 atom stereocenters. The van der Waals surface area contributed by atoms with Crippen molar-refractivity contribution in [1.82, 2.24) is 10.4 Å². The Morgan fingerprint density at radius 1 is 1.33 bits per heavy atom. The highest BCUT2D eigenvalue weighted by atomic mass is 16.5. The maximum absolute atomic E-state index is 11.6. The van der Waals surface area contributed by atoms with Gasteiger partial charge in [-0.1, -0.05) is 0 Å². The van der Waals surface area contributed by atoms with E-state index in [9.17, 15) is 4.79 Å². The molecule has 0 unspecified atom stereocenters. The van der Waals surface area contributed by atoms with E-state index >= 15 is 0 Å². The van der Waals surface area contributed by atoms with Gasteiger partial charge in [-0.05, 0) is 24.3 Å². The first-order chi connectivity index (χ1) is 8.74. The Bertz CT molecular complexity index is 388. The van der Waals surface area contributed by atoms with Gasteiger partial charge in [-0.15, -0.1) is 0 Å². The number of benzene rings is 1. The smallest absolute Gasteiger partial charge is 0.272 e. The predicted octanol–water partition coefficient (Wildman–Crippen LogP) is 0.0110. The van der Waals surface area contributed by atoms with Crippen molar-refractivity contribution in [2.24, 2.45) is 0 Å². The average molecular weight is 251 g/mol. The van der Waals surface area contributed by atoms with Crippen molar-refractivity contribution in [3.8, 4) is 5.75 Å². The average Bonchev–Trinajstić information content (AvgIpc) is 2.39. The van der Waals surface area contributed by atoms with Crippen molar-refractivity contribution < 1.29 is 14.3 Å². The normalized spacial score (nSPS) is 16.2. The van der Waals surface area contributed by atoms with Crippen molar-refractivity contribution in [2.75, 3.05) is 38.6 Å². The van der Waals surface area contributed by atoms with E-state index < -0.39 is 0 Å². The van der Waals surface area contributed by atoms with E-state index in [1.165, 1.54) is 0 Å². The van der Waals surface area contributed by atoms with Gasteiger partial charge in [0.1, 0.15) is 5.75 Å². The summed E-state index contributed by atoms with van der Waals surface area (Å²) in [7, 11) is 0. The van der Waals surface area contributed by atoms with Crippen LogP contribution in [-0.2, 0) is 9.53 Å². The minimum Gasteiger partial charge on any atom is -0.484 e. The standard InChI is InChI=1S/C12H17N3O3/c13-10-1-3-11(4-2-10)18-9-12(16)14-15-5-7-17-8-6-15/h1-4H,5-9,13H2,(H,14,16). The first kappa shape index (κ1) is 12.7. The summed E-state index contributed by atoms with van der Waals surface area (Å²) in [5, 5.41) is 1.83. The number of amides is 1. The van der Waals surface area contributed by atoms with Crippen LogP contribution >= 0.6 is 0 Å². The molecule has 6 heteroatoms. The monoisotopic (exact) mass is 251 g/mol. The lowest BCUT2D eigenvalue weighted by Crippen LogP contribution is -2.49. The molecule has 18 heavy (non-hydrogen) atoms. The van der Waals surface area contributed by atoms with Crippen molar-refractivity contribution in [2.45, 2.75) is 0 Å². The second-order valence-electron chi connectivity index (χ2n) is 3.99. The highest BCUT2D eigenvalue weighted by molar-refractivity contribution is 5.77. The number of carbonyl (C=O) groups is 1. The summed E-state index contributed by atoms with van der Waals surface area (Å²) in [5.41, 5.74) is 8.98. The fourth-order valence-electron chi connectivity index (χ4n) is 1.60. The summed E-state index contributed by atoms with van der Waals surface area (Å²) in [6.45, 7) is 2.67. The van der Waals surface area contributed by atoms with Gasteiger partial charge in [0.05, 0.1) is 13.2 Å². The Morgan fingerprint density at radius 3 is 2.67 bits per heavy atom. The number of hydrazine groups is 1. The maximum atomic E-state index is 11.6. The zero-order valence-corrected chi connectivity index (χ0v) is 10.1. The minimum absolute atomic E-state index is 0.0126. The second-order valence-corrected chi connectivity index (χ2v) is 3.99. The summed E-state index contributed by atoms with van der Waals surface area (Å²) >= 11 is 0. The van der Waals surface area contributed by atoms with E-state index in [-0.39, 0.29) is 12.5 Å². The third-order valence-electron chi connectivity index (χ3n) is 2.54. The molecule has 0 radical (unpaired) electrons. The van der Waals surface area contributed by atoms with Gasteiger partial charge in [0.25, 0.3) is 5.91 Å². The van der Waals surface area contributed by atoms with Gasteiger partial charge in [0.2, 0.25) is 0 Å². The Kier molecular flexibility index (Phi) is 4.38. The van der Waals surface area contributed by atoms with Gasteiger partial charge >= 0.3 is 0 Å². The quantitative estimate of drug-likeness (QED) is 0.737. The Balaban J connectivity index is 1.72. The molecule has 1 aliphatic rings. The van der Waals surface area contributed by atoms with Crippen LogP contribution in [0, 0.1) is 0 Å². The summed E-state index contributed by atoms with van der Waals surface area (Å²) < 4.78 is 10.5. The van der Waals surface area contributed by atoms with Gasteiger partial charge < -0.3 is 15.2 Å². The van der Waals surface area contributed by atoms with E-state index in [1.54, 1.807) is 24.3 Å². The van der Waals surface area contributed by atoms with Crippen molar-refractivity contribution in [3.05, 3.63) is 24.3 Å². The van der Waals surface area contributed by atoms with E-state index in [0.29, 0.717) is 37.7 Å². The number of carbonyl (C=O) groups excluding carboxylic acids is 1. The predicted molar refractivity (Wildman–Crippen MR) is 66.9 cm³/mol. The lowest BCUT2D eigenvalue weighted by molar-refractivity contribution is -0.130. The fraction of sp³-hybridized carbons (Fsp3) is 0.417. The van der Waals surface area contributed by atoms with Crippen molar-refractivity contribution >= 4 is 11.6 Å². The molecule has 0 aliphatic carbocycles. The van der Waals surface area contributed by atoms with E-state index in [2.05, 4.69) is 5.43 Å². The molecule has 1 saturated heterocycles. The molecule has 0 aromatic heterocycles. The molecule has 0 bridgehead atoms. The van der Waals surface area contributed by atoms with Gasteiger partial charge in [-0.25, -0.2) is 5.01 Å². The third-order valence-corrected chi connectivity index (χ3v) is 2.54. The Hall–Kier alpha value is -1.79. The van der Waals surface area contributed by atoms with E-state index in [1.807, 2.05) is 5.01 Å². The molecule has 1 aromatic rings. The number of nitrogens with two attached hydrogens (primary N) is 1. The van der Waals surface area contributed by atoms with E-state index in [4.69, 9.17) is 15.2 Å². The number of nitrogens with zero attached hydrogens (tertiary/aromatic N) is 1. The number of ether oxygens (including phenoxy) is 2. The first-order valence-electron chi connectivity index (χ1n) is 5.84. The molecule has 1 aliphatic heterocycles. The lowest BCUT2D eigenvalue weighted by Gasteiger charge is -2.26. The highest BCUT2D eigenvalue weighted by Gasteiger charge is 2.13. The number of morpholine rings is 1. The number of anilines is 1. The van der Waals surface area contributed by atoms with Crippen LogP contribution in [0.1, 0.15) is 0 Å². The Morgan fingerprint density at radius 2 is 2.00 bits per heavy atom. The Labute approximate surface area is 106 Å². The number of nitrogen functional groups attached to an aromatic ring is 1. The summed E-state index contributed by atoms with van der Waals surface area (Å²) in [5.74, 6) is 0.454. The van der Waals surface area contributed by atoms with Gasteiger partial charge in [0, 0.05) is 18.8 Å². The molecule has 2 rings (SSSR count). The molecule has 1 fully saturated rings. The molecule has 6 nitrogen and oxygen atoms in total. The van der Waals surface area contributed by atoms with Crippen LogP contribution in [-0.4, -0.2) is 43.8 Å². The molecule has 1 heterocycles. The summed E-state index contributed by atoms with van der Waals surface area (Å²) in [4.78, 5) is 11.6. The number of hydrogen-bond acceptors (Lipinski definition) is 5. The third kappa shape index (κ3) is 3.90. The molecular weight excluding hydrogens is 234 g/mol. The molecular formula is C12H17N3O3. The van der Waals surface area contributed by atoms with Gasteiger partial charge in [0.15, 0.2) is 6.61 Å². The molecule has 0 saturated carbocycles. The van der Waals surface area contributed by atoms with Crippen LogP contribution < -0.4 is 15.9 Å². The van der Waals surface area contributed by atoms with Crippen LogP contribution in [0.25, 0.3) is 0 Å². The summed E-state index contributed by atoms with van der Waals surface area (Å²) in [6.07, 6.45) is 0. The number of hydrogen-bond donors (Lipinski definition) is 2. The zero-order valence-electron chi connectivity index (χ0n) is 10.1. The number of rotatable bonds is 4. The summed E-state index contributed by atoms with van der Waals surface area (Å²) in [6, 6.07) is 6.93. The molecule has 1 amide bonds. The van der Waals surface area contributed by atoms with E-state index in [0.717, 1.165) is 0 Å². The van der Waals surface area contributed by atoms with Crippen LogP contribution in [0.4, 0.5) is 5.69 Å². The van der Waals surface area contributed by atoms with Crippen LogP contribution in [0.3, 0.4) is 0 Å². The van der Waals surface area contributed by atoms with Gasteiger partial charge in [-0.2, -0.15) is 0 Å². The minimum atomic E-state index is -0.172. The van der Waals surface area contributed by atoms with Gasteiger partial charge in [-0.3, -0.25) is 10.2 Å². The molecule has 98 valence electrons. The zero-order chi connectivity index (χ0) is 12.8. The topological polar surface area (TPSA) is 76.8 Å². The SMILES string of the molecule is Nc1ccc(OCC(=O)NN2CCOCC2)cc1. The van der Waals surface area contributed by atoms with Crippen molar-refractivity contribution in [1.29, 1.82) is 0 Å². The highest BCUT2D eigenvalue weighted by Crippen LogP contribution is 2.12. The van der Waals surface area contributed by atoms with Crippen LogP contribution in [0.2, 0.25) is 0 Å². The lowest BCUT2D eigenvalue weighted by atomic mass is 10.3. The first-order valence-corrected chi connectivity index (χ1v) is 5.84. The molecule has 1 aromatic carbocycles. The fourth-order valence-corrected chi connectivity index (χ4v) is 1.60. The second kappa shape index (κ2) is 6.23. The maximum Gasteiger partial charge on any atom is 0.272 e. The largest absolute Gasteiger partial charge is 0.484 e. The molecule has 3 N–H and O–H groups in total.